The molecule has 0 fully saturated rings. The van der Waals surface area contributed by atoms with Gasteiger partial charge < -0.3 is 4.74 Å². The average Bonchev–Trinajstić information content (AvgIpc) is 2.40. The van der Waals surface area contributed by atoms with Gasteiger partial charge in [-0.3, -0.25) is 0 Å². The molecule has 0 bridgehead atoms. The summed E-state index contributed by atoms with van der Waals surface area (Å²) < 4.78 is 5.56. The van der Waals surface area contributed by atoms with E-state index in [2.05, 4.69) is 21.1 Å². The first-order valence-corrected chi connectivity index (χ1v) is 6.29. The van der Waals surface area contributed by atoms with Crippen LogP contribution in [-0.4, -0.2) is 12.6 Å². The number of nitriles is 1. The fourth-order valence-corrected chi connectivity index (χ4v) is 1.75. The third-order valence-corrected chi connectivity index (χ3v) is 2.72. The minimum absolute atomic E-state index is 0.0901. The monoisotopic (exact) mass is 322 g/mol. The Morgan fingerprint density at radius 2 is 2.32 bits per heavy atom. The number of nitrogens with zero attached hydrogens (tertiary/aromatic N) is 2. The van der Waals surface area contributed by atoms with E-state index in [0.29, 0.717) is 10.0 Å². The van der Waals surface area contributed by atoms with Crippen LogP contribution in [0.4, 0.5) is 5.69 Å². The zero-order valence-corrected chi connectivity index (χ0v) is 11.8. The van der Waals surface area contributed by atoms with Crippen LogP contribution in [0.3, 0.4) is 0 Å². The summed E-state index contributed by atoms with van der Waals surface area (Å²) in [5.74, 6) is -0.566. The Hall–Kier alpha value is -2.00. The van der Waals surface area contributed by atoms with E-state index in [-0.39, 0.29) is 24.3 Å². The van der Waals surface area contributed by atoms with Gasteiger partial charge in [0.25, 0.3) is 0 Å². The Kier molecular flexibility index (Phi) is 5.90. The van der Waals surface area contributed by atoms with Crippen LogP contribution in [0.5, 0.6) is 0 Å². The summed E-state index contributed by atoms with van der Waals surface area (Å²) in [5, 5.41) is 11.6. The third-order valence-electron chi connectivity index (χ3n) is 2.23. The lowest BCUT2D eigenvalue weighted by Crippen LogP contribution is -2.07. The van der Waals surface area contributed by atoms with Gasteiger partial charge in [-0.15, -0.1) is 4.91 Å². The molecule has 0 spiro atoms. The highest BCUT2D eigenvalue weighted by molar-refractivity contribution is 9.10. The van der Waals surface area contributed by atoms with E-state index in [1.807, 2.05) is 6.07 Å². The van der Waals surface area contributed by atoms with Crippen molar-refractivity contribution in [3.8, 4) is 6.07 Å². The second-order valence-electron chi connectivity index (χ2n) is 3.52. The van der Waals surface area contributed by atoms with Crippen molar-refractivity contribution in [1.82, 2.24) is 0 Å². The van der Waals surface area contributed by atoms with Crippen LogP contribution >= 0.6 is 15.9 Å². The number of carbonyl (C=O) groups excluding carboxylic acids is 1. The van der Waals surface area contributed by atoms with Gasteiger partial charge in [0.2, 0.25) is 0 Å². The molecule has 0 heterocycles. The van der Waals surface area contributed by atoms with Crippen LogP contribution in [0.25, 0.3) is 6.08 Å². The van der Waals surface area contributed by atoms with Crippen molar-refractivity contribution in [2.45, 2.75) is 13.3 Å². The molecule has 98 valence electrons. The molecule has 0 aliphatic rings. The van der Waals surface area contributed by atoms with Gasteiger partial charge >= 0.3 is 5.97 Å². The lowest BCUT2D eigenvalue weighted by molar-refractivity contribution is -0.138. The number of benzene rings is 1. The highest BCUT2D eigenvalue weighted by Gasteiger charge is 2.12. The Morgan fingerprint density at radius 1 is 1.58 bits per heavy atom. The van der Waals surface area contributed by atoms with Crippen molar-refractivity contribution < 1.29 is 9.53 Å². The highest BCUT2D eigenvalue weighted by Crippen LogP contribution is 2.26. The number of carbonyl (C=O) groups is 1. The molecule has 0 aliphatic carbocycles. The lowest BCUT2D eigenvalue weighted by Gasteiger charge is -2.04. The molecule has 19 heavy (non-hydrogen) atoms. The molecule has 6 heteroatoms. The first-order chi connectivity index (χ1) is 9.12. The standard InChI is InChI=1S/C13H11BrN2O3/c1-2-19-13(17)10(5-6-15)7-9-3-4-11(14)8-12(9)16-18/h3-4,7-8H,2,5H2,1H3/b10-7+. The second kappa shape index (κ2) is 7.44. The van der Waals surface area contributed by atoms with E-state index in [1.54, 1.807) is 19.1 Å². The van der Waals surface area contributed by atoms with Crippen molar-refractivity contribution in [3.05, 3.63) is 38.7 Å². The minimum atomic E-state index is -0.566. The highest BCUT2D eigenvalue weighted by atomic mass is 79.9. The smallest absolute Gasteiger partial charge is 0.335 e. The maximum Gasteiger partial charge on any atom is 0.335 e. The van der Waals surface area contributed by atoms with Crippen LogP contribution in [0.2, 0.25) is 0 Å². The largest absolute Gasteiger partial charge is 0.463 e. The fraction of sp³-hybridized carbons (Fsp3) is 0.231. The molecule has 0 unspecified atom stereocenters. The average molecular weight is 323 g/mol. The lowest BCUT2D eigenvalue weighted by atomic mass is 10.1. The fourth-order valence-electron chi connectivity index (χ4n) is 1.40. The molecule has 0 saturated carbocycles. The van der Waals surface area contributed by atoms with Gasteiger partial charge in [0, 0.05) is 10.0 Å². The quantitative estimate of drug-likeness (QED) is 0.470. The van der Waals surface area contributed by atoms with Gasteiger partial charge in [0.1, 0.15) is 5.69 Å². The van der Waals surface area contributed by atoms with Crippen LogP contribution in [0.15, 0.2) is 33.4 Å². The van der Waals surface area contributed by atoms with Gasteiger partial charge in [0.05, 0.1) is 24.7 Å². The zero-order chi connectivity index (χ0) is 14.3. The van der Waals surface area contributed by atoms with E-state index in [4.69, 9.17) is 10.00 Å². The van der Waals surface area contributed by atoms with Crippen LogP contribution in [0.1, 0.15) is 18.9 Å². The van der Waals surface area contributed by atoms with Crippen molar-refractivity contribution in [2.75, 3.05) is 6.61 Å². The van der Waals surface area contributed by atoms with Gasteiger partial charge in [-0.05, 0) is 30.3 Å². The number of rotatable bonds is 5. The summed E-state index contributed by atoms with van der Waals surface area (Å²) in [6, 6.07) is 6.78. The molecule has 1 aromatic carbocycles. The second-order valence-corrected chi connectivity index (χ2v) is 4.44. The van der Waals surface area contributed by atoms with E-state index in [0.717, 1.165) is 0 Å². The number of hydrogen-bond donors (Lipinski definition) is 0. The molecular formula is C13H11BrN2O3. The Morgan fingerprint density at radius 3 is 2.89 bits per heavy atom. The van der Waals surface area contributed by atoms with Crippen molar-refractivity contribution >= 4 is 33.7 Å². The summed E-state index contributed by atoms with van der Waals surface area (Å²) in [7, 11) is 0. The van der Waals surface area contributed by atoms with Crippen LogP contribution in [0, 0.1) is 16.2 Å². The topological polar surface area (TPSA) is 79.5 Å². The Labute approximate surface area is 119 Å². The Bertz CT molecular complexity index is 561. The first-order valence-electron chi connectivity index (χ1n) is 5.50. The summed E-state index contributed by atoms with van der Waals surface area (Å²) in [6.45, 7) is 1.90. The number of ether oxygens (including phenoxy) is 1. The molecule has 0 saturated heterocycles. The van der Waals surface area contributed by atoms with Crippen LogP contribution < -0.4 is 0 Å². The minimum Gasteiger partial charge on any atom is -0.463 e. The summed E-state index contributed by atoms with van der Waals surface area (Å²) in [4.78, 5) is 22.4. The van der Waals surface area contributed by atoms with Crippen molar-refractivity contribution in [2.24, 2.45) is 5.18 Å². The van der Waals surface area contributed by atoms with Gasteiger partial charge in [-0.2, -0.15) is 5.26 Å². The van der Waals surface area contributed by atoms with Gasteiger partial charge in [0.15, 0.2) is 0 Å². The molecule has 0 N–H and O–H groups in total. The molecule has 5 nitrogen and oxygen atoms in total. The normalized spacial score (nSPS) is 10.7. The molecule has 0 aromatic heterocycles. The molecule has 0 amide bonds. The van der Waals surface area contributed by atoms with Gasteiger partial charge in [-0.1, -0.05) is 22.0 Å². The van der Waals surface area contributed by atoms with E-state index < -0.39 is 5.97 Å². The van der Waals surface area contributed by atoms with Crippen molar-refractivity contribution in [1.29, 1.82) is 5.26 Å². The van der Waals surface area contributed by atoms with E-state index in [1.165, 1.54) is 12.1 Å². The maximum atomic E-state index is 11.6. The maximum absolute atomic E-state index is 11.6. The van der Waals surface area contributed by atoms with Crippen molar-refractivity contribution in [3.63, 3.8) is 0 Å². The molecule has 1 aromatic rings. The predicted octanol–water partition coefficient (Wildman–Crippen LogP) is 3.71. The summed E-state index contributed by atoms with van der Waals surface area (Å²) in [5.41, 5.74) is 0.849. The molecule has 0 radical (unpaired) electrons. The number of nitroso groups, excluding NO2 is 1. The number of halogens is 1. The SMILES string of the molecule is CCOC(=O)/C(=C/c1ccc(Br)cc1N=O)CC#N. The Balaban J connectivity index is 3.18. The molecule has 1 rings (SSSR count). The third kappa shape index (κ3) is 4.30. The molecule has 0 atom stereocenters. The number of hydrogen-bond acceptors (Lipinski definition) is 5. The van der Waals surface area contributed by atoms with E-state index >= 15 is 0 Å². The summed E-state index contributed by atoms with van der Waals surface area (Å²) >= 11 is 3.22. The first kappa shape index (κ1) is 15.1. The number of esters is 1. The summed E-state index contributed by atoms with van der Waals surface area (Å²) in [6.07, 6.45) is 1.36. The molecule has 0 aliphatic heterocycles. The molecular weight excluding hydrogens is 312 g/mol. The van der Waals surface area contributed by atoms with Gasteiger partial charge in [-0.25, -0.2) is 4.79 Å². The predicted molar refractivity (Wildman–Crippen MR) is 74.4 cm³/mol. The van der Waals surface area contributed by atoms with E-state index in [9.17, 15) is 9.70 Å². The van der Waals surface area contributed by atoms with Crippen LogP contribution in [-0.2, 0) is 9.53 Å². The zero-order valence-electron chi connectivity index (χ0n) is 10.2.